The standard InChI is InChI=1S/C16H26N4O/c1-2-12-5-6-13(18-9-12)8-15(19-17)16-10-20-7-3-4-14(20)11-21-16/h5-6,9,14-16,19H,2-4,7-8,10-11,17H2,1H3. The van der Waals surface area contributed by atoms with Gasteiger partial charge in [-0.05, 0) is 37.4 Å². The van der Waals surface area contributed by atoms with Crippen molar-refractivity contribution in [2.45, 2.75) is 50.8 Å². The zero-order valence-electron chi connectivity index (χ0n) is 12.8. The van der Waals surface area contributed by atoms with Crippen molar-refractivity contribution < 1.29 is 4.74 Å². The summed E-state index contributed by atoms with van der Waals surface area (Å²) in [6.07, 6.45) is 6.50. The molecule has 5 nitrogen and oxygen atoms in total. The highest BCUT2D eigenvalue weighted by molar-refractivity contribution is 5.15. The minimum Gasteiger partial charge on any atom is -0.374 e. The maximum Gasteiger partial charge on any atom is 0.0872 e. The van der Waals surface area contributed by atoms with E-state index in [0.29, 0.717) is 6.04 Å². The van der Waals surface area contributed by atoms with Crippen molar-refractivity contribution in [3.8, 4) is 0 Å². The summed E-state index contributed by atoms with van der Waals surface area (Å²) < 4.78 is 6.05. The molecule has 116 valence electrons. The quantitative estimate of drug-likeness (QED) is 0.623. The first kappa shape index (κ1) is 14.9. The first-order valence-electron chi connectivity index (χ1n) is 8.05. The fourth-order valence-corrected chi connectivity index (χ4v) is 3.39. The molecule has 2 aliphatic rings. The first-order chi connectivity index (χ1) is 10.3. The number of fused-ring (bicyclic) bond motifs is 1. The summed E-state index contributed by atoms with van der Waals surface area (Å²) in [7, 11) is 0. The molecule has 3 atom stereocenters. The van der Waals surface area contributed by atoms with Crippen LogP contribution in [-0.4, -0.2) is 47.8 Å². The molecule has 5 heteroatoms. The normalized spacial score (nSPS) is 27.5. The van der Waals surface area contributed by atoms with Gasteiger partial charge < -0.3 is 4.74 Å². The molecule has 3 N–H and O–H groups in total. The summed E-state index contributed by atoms with van der Waals surface area (Å²) in [5, 5.41) is 0. The van der Waals surface area contributed by atoms with E-state index in [0.717, 1.165) is 31.7 Å². The molecule has 21 heavy (non-hydrogen) atoms. The lowest BCUT2D eigenvalue weighted by Crippen LogP contribution is -2.56. The second-order valence-electron chi connectivity index (χ2n) is 6.15. The SMILES string of the molecule is CCc1ccc(CC(NN)C2CN3CCCC3CO2)nc1. The summed E-state index contributed by atoms with van der Waals surface area (Å²) in [4.78, 5) is 7.08. The van der Waals surface area contributed by atoms with Crippen LogP contribution in [0.4, 0.5) is 0 Å². The van der Waals surface area contributed by atoms with Gasteiger partial charge >= 0.3 is 0 Å². The molecule has 2 fully saturated rings. The number of nitrogens with two attached hydrogens (primary N) is 1. The molecule has 0 bridgehead atoms. The van der Waals surface area contributed by atoms with Crippen LogP contribution in [0.2, 0.25) is 0 Å². The average molecular weight is 290 g/mol. The van der Waals surface area contributed by atoms with Crippen molar-refractivity contribution in [3.05, 3.63) is 29.6 Å². The summed E-state index contributed by atoms with van der Waals surface area (Å²) in [5.41, 5.74) is 5.28. The smallest absolute Gasteiger partial charge is 0.0872 e. The summed E-state index contributed by atoms with van der Waals surface area (Å²) in [6.45, 7) is 5.16. The Hall–Kier alpha value is -1.01. The Morgan fingerprint density at radius 1 is 1.52 bits per heavy atom. The Morgan fingerprint density at radius 3 is 3.14 bits per heavy atom. The number of nitrogens with zero attached hydrogens (tertiary/aromatic N) is 2. The van der Waals surface area contributed by atoms with Gasteiger partial charge in [-0.2, -0.15) is 0 Å². The van der Waals surface area contributed by atoms with E-state index < -0.39 is 0 Å². The number of morpholine rings is 1. The molecule has 0 amide bonds. The number of ether oxygens (including phenoxy) is 1. The molecular formula is C16H26N4O. The molecule has 2 saturated heterocycles. The van der Waals surface area contributed by atoms with Crippen molar-refractivity contribution in [2.75, 3.05) is 19.7 Å². The number of nitrogens with one attached hydrogen (secondary N) is 1. The van der Waals surface area contributed by atoms with E-state index in [1.165, 1.54) is 24.9 Å². The van der Waals surface area contributed by atoms with Crippen LogP contribution in [-0.2, 0) is 17.6 Å². The van der Waals surface area contributed by atoms with Gasteiger partial charge in [0.2, 0.25) is 0 Å². The van der Waals surface area contributed by atoms with Crippen LogP contribution in [0.25, 0.3) is 0 Å². The van der Waals surface area contributed by atoms with Crippen molar-refractivity contribution in [1.29, 1.82) is 0 Å². The largest absolute Gasteiger partial charge is 0.374 e. The Balaban J connectivity index is 1.61. The van der Waals surface area contributed by atoms with Crippen LogP contribution < -0.4 is 11.3 Å². The minimum absolute atomic E-state index is 0.117. The Kier molecular flexibility index (Phi) is 4.85. The highest BCUT2D eigenvalue weighted by atomic mass is 16.5. The molecule has 0 aliphatic carbocycles. The topological polar surface area (TPSA) is 63.4 Å². The Morgan fingerprint density at radius 2 is 2.43 bits per heavy atom. The number of hydrazine groups is 1. The Labute approximate surface area is 126 Å². The lowest BCUT2D eigenvalue weighted by molar-refractivity contribution is -0.0645. The van der Waals surface area contributed by atoms with E-state index >= 15 is 0 Å². The van der Waals surface area contributed by atoms with E-state index in [1.807, 2.05) is 6.20 Å². The lowest BCUT2D eigenvalue weighted by Gasteiger charge is -2.38. The van der Waals surface area contributed by atoms with E-state index in [1.54, 1.807) is 0 Å². The first-order valence-corrected chi connectivity index (χ1v) is 8.05. The average Bonchev–Trinajstić information content (AvgIpc) is 3.00. The van der Waals surface area contributed by atoms with Crippen molar-refractivity contribution in [1.82, 2.24) is 15.3 Å². The van der Waals surface area contributed by atoms with Gasteiger partial charge in [0.1, 0.15) is 0 Å². The van der Waals surface area contributed by atoms with E-state index in [4.69, 9.17) is 10.6 Å². The van der Waals surface area contributed by atoms with Gasteiger partial charge in [-0.3, -0.25) is 21.2 Å². The fourth-order valence-electron chi connectivity index (χ4n) is 3.39. The molecule has 1 aromatic rings. The predicted molar refractivity (Wildman–Crippen MR) is 82.8 cm³/mol. The number of aromatic nitrogens is 1. The molecule has 3 unspecified atom stereocenters. The third-order valence-corrected chi connectivity index (χ3v) is 4.80. The van der Waals surface area contributed by atoms with Gasteiger partial charge in [-0.25, -0.2) is 0 Å². The zero-order valence-corrected chi connectivity index (χ0v) is 12.8. The van der Waals surface area contributed by atoms with Crippen LogP contribution in [0, 0.1) is 0 Å². The summed E-state index contributed by atoms with van der Waals surface area (Å²) in [6, 6.07) is 4.99. The highest BCUT2D eigenvalue weighted by Gasteiger charge is 2.35. The number of hydrogen-bond donors (Lipinski definition) is 2. The minimum atomic E-state index is 0.117. The molecule has 3 rings (SSSR count). The fraction of sp³-hybridized carbons (Fsp3) is 0.688. The number of rotatable bonds is 5. The van der Waals surface area contributed by atoms with Crippen molar-refractivity contribution in [2.24, 2.45) is 5.84 Å². The molecule has 2 aliphatic heterocycles. The Bertz CT molecular complexity index is 450. The third-order valence-electron chi connectivity index (χ3n) is 4.80. The molecular weight excluding hydrogens is 264 g/mol. The maximum atomic E-state index is 6.05. The second kappa shape index (κ2) is 6.83. The summed E-state index contributed by atoms with van der Waals surface area (Å²) in [5.74, 6) is 5.77. The highest BCUT2D eigenvalue weighted by Crippen LogP contribution is 2.24. The van der Waals surface area contributed by atoms with Crippen LogP contribution >= 0.6 is 0 Å². The van der Waals surface area contributed by atoms with E-state index in [2.05, 4.69) is 34.4 Å². The van der Waals surface area contributed by atoms with Crippen LogP contribution in [0.5, 0.6) is 0 Å². The molecule has 1 aromatic heterocycles. The maximum absolute atomic E-state index is 6.05. The molecule has 0 aromatic carbocycles. The van der Waals surface area contributed by atoms with Crippen LogP contribution in [0.3, 0.4) is 0 Å². The molecule has 0 radical (unpaired) electrons. The van der Waals surface area contributed by atoms with Gasteiger partial charge in [0.15, 0.2) is 0 Å². The van der Waals surface area contributed by atoms with Gasteiger partial charge in [0.25, 0.3) is 0 Å². The van der Waals surface area contributed by atoms with Gasteiger partial charge in [-0.15, -0.1) is 0 Å². The van der Waals surface area contributed by atoms with Gasteiger partial charge in [-0.1, -0.05) is 13.0 Å². The number of pyridine rings is 1. The van der Waals surface area contributed by atoms with E-state index in [-0.39, 0.29) is 12.1 Å². The van der Waals surface area contributed by atoms with Crippen molar-refractivity contribution >= 4 is 0 Å². The number of aryl methyl sites for hydroxylation is 1. The molecule has 0 saturated carbocycles. The molecule has 3 heterocycles. The predicted octanol–water partition coefficient (Wildman–Crippen LogP) is 0.882. The van der Waals surface area contributed by atoms with Crippen LogP contribution in [0.15, 0.2) is 18.3 Å². The monoisotopic (exact) mass is 290 g/mol. The third kappa shape index (κ3) is 3.43. The van der Waals surface area contributed by atoms with Crippen molar-refractivity contribution in [3.63, 3.8) is 0 Å². The molecule has 0 spiro atoms. The van der Waals surface area contributed by atoms with Crippen LogP contribution in [0.1, 0.15) is 31.0 Å². The van der Waals surface area contributed by atoms with E-state index in [9.17, 15) is 0 Å². The zero-order chi connectivity index (χ0) is 14.7. The van der Waals surface area contributed by atoms with Gasteiger partial charge in [0.05, 0.1) is 18.8 Å². The number of hydrogen-bond acceptors (Lipinski definition) is 5. The summed E-state index contributed by atoms with van der Waals surface area (Å²) >= 11 is 0. The lowest BCUT2D eigenvalue weighted by atomic mass is 10.0. The van der Waals surface area contributed by atoms with Gasteiger partial charge in [0, 0.05) is 30.9 Å². The second-order valence-corrected chi connectivity index (χ2v) is 6.15.